The van der Waals surface area contributed by atoms with Gasteiger partial charge in [0.25, 0.3) is 0 Å². The molecule has 1 rings (SSSR count). The molecule has 0 spiro atoms. The van der Waals surface area contributed by atoms with E-state index < -0.39 is 0 Å². The maximum atomic E-state index is 11.5. The normalized spacial score (nSPS) is 10.2. The molecular formula is C10H13ClO2S. The molecule has 0 radical (unpaired) electrons. The molecule has 1 aromatic heterocycles. The lowest BCUT2D eigenvalue weighted by Gasteiger charge is -2.01. The highest BCUT2D eigenvalue weighted by atomic mass is 35.5. The van der Waals surface area contributed by atoms with Gasteiger partial charge >= 0.3 is 5.97 Å². The fraction of sp³-hybridized carbons (Fsp3) is 0.500. The predicted molar refractivity (Wildman–Crippen MR) is 59.3 cm³/mol. The summed E-state index contributed by atoms with van der Waals surface area (Å²) < 4.78 is 5.05. The fourth-order valence-corrected chi connectivity index (χ4v) is 2.10. The van der Waals surface area contributed by atoms with E-state index in [0.29, 0.717) is 16.5 Å². The van der Waals surface area contributed by atoms with Crippen molar-refractivity contribution >= 4 is 28.9 Å². The van der Waals surface area contributed by atoms with E-state index in [-0.39, 0.29) is 5.97 Å². The number of hydrogen-bond acceptors (Lipinski definition) is 3. The lowest BCUT2D eigenvalue weighted by Crippen LogP contribution is -2.04. The molecule has 0 fully saturated rings. The quantitative estimate of drug-likeness (QED) is 0.585. The lowest BCUT2D eigenvalue weighted by atomic mass is 10.3. The highest BCUT2D eigenvalue weighted by Crippen LogP contribution is 2.27. The maximum absolute atomic E-state index is 11.5. The summed E-state index contributed by atoms with van der Waals surface area (Å²) in [6.45, 7) is 4.40. The molecule has 0 aromatic carbocycles. The molecule has 4 heteroatoms. The lowest BCUT2D eigenvalue weighted by molar-refractivity contribution is 0.0505. The van der Waals surface area contributed by atoms with Crippen molar-refractivity contribution in [2.75, 3.05) is 6.61 Å². The van der Waals surface area contributed by atoms with Crippen molar-refractivity contribution in [2.45, 2.75) is 26.7 Å². The van der Waals surface area contributed by atoms with Crippen LogP contribution in [0.3, 0.4) is 0 Å². The highest BCUT2D eigenvalue weighted by Gasteiger charge is 2.15. The van der Waals surface area contributed by atoms with Gasteiger partial charge in [-0.05, 0) is 24.3 Å². The van der Waals surface area contributed by atoms with Crippen LogP contribution in [0.15, 0.2) is 5.38 Å². The van der Waals surface area contributed by atoms with Crippen LogP contribution in [-0.4, -0.2) is 12.6 Å². The molecule has 0 aliphatic rings. The molecule has 2 nitrogen and oxygen atoms in total. The number of carbonyl (C=O) groups is 1. The van der Waals surface area contributed by atoms with Crippen LogP contribution in [0.1, 0.15) is 35.0 Å². The van der Waals surface area contributed by atoms with Gasteiger partial charge in [-0.15, -0.1) is 11.3 Å². The maximum Gasteiger partial charge on any atom is 0.349 e. The van der Waals surface area contributed by atoms with Crippen LogP contribution in [0.4, 0.5) is 0 Å². The summed E-state index contributed by atoms with van der Waals surface area (Å²) in [6.07, 6.45) is 1.91. The number of ether oxygens (including phenoxy) is 1. The van der Waals surface area contributed by atoms with Crippen molar-refractivity contribution in [1.29, 1.82) is 0 Å². The third kappa shape index (κ3) is 2.72. The molecule has 0 unspecified atom stereocenters. The van der Waals surface area contributed by atoms with Crippen molar-refractivity contribution in [1.82, 2.24) is 0 Å². The monoisotopic (exact) mass is 232 g/mol. The molecule has 0 atom stereocenters. The van der Waals surface area contributed by atoms with Crippen molar-refractivity contribution in [3.63, 3.8) is 0 Å². The van der Waals surface area contributed by atoms with Gasteiger partial charge in [0.05, 0.1) is 11.6 Å². The first-order valence-corrected chi connectivity index (χ1v) is 5.83. The van der Waals surface area contributed by atoms with Crippen LogP contribution in [0, 0.1) is 6.92 Å². The number of aryl methyl sites for hydroxylation is 1. The zero-order chi connectivity index (χ0) is 10.6. The smallest absolute Gasteiger partial charge is 0.349 e. The second-order valence-electron chi connectivity index (χ2n) is 3.05. The molecule has 0 bridgehead atoms. The van der Waals surface area contributed by atoms with Crippen molar-refractivity contribution < 1.29 is 9.53 Å². The fourth-order valence-electron chi connectivity index (χ4n) is 0.942. The minimum atomic E-state index is -0.304. The van der Waals surface area contributed by atoms with E-state index in [9.17, 15) is 4.79 Å². The number of carbonyl (C=O) groups excluding carboxylic acids is 1. The molecule has 0 saturated heterocycles. The molecule has 1 heterocycles. The van der Waals surface area contributed by atoms with Crippen molar-refractivity contribution in [2.24, 2.45) is 0 Å². The summed E-state index contributed by atoms with van der Waals surface area (Å²) in [5.41, 5.74) is 0.930. The van der Waals surface area contributed by atoms with Gasteiger partial charge in [0.2, 0.25) is 0 Å². The van der Waals surface area contributed by atoms with Crippen LogP contribution in [0.25, 0.3) is 0 Å². The van der Waals surface area contributed by atoms with E-state index in [1.165, 1.54) is 11.3 Å². The van der Waals surface area contributed by atoms with Gasteiger partial charge < -0.3 is 4.74 Å². The molecule has 0 amide bonds. The molecule has 78 valence electrons. The number of unbranched alkanes of at least 4 members (excludes halogenated alkanes) is 1. The van der Waals surface area contributed by atoms with Gasteiger partial charge in [-0.2, -0.15) is 0 Å². The Hall–Kier alpha value is -0.540. The first kappa shape index (κ1) is 11.5. The zero-order valence-corrected chi connectivity index (χ0v) is 9.87. The van der Waals surface area contributed by atoms with E-state index in [1.54, 1.807) is 0 Å². The Balaban J connectivity index is 2.56. The summed E-state index contributed by atoms with van der Waals surface area (Å²) in [7, 11) is 0. The Morgan fingerprint density at radius 2 is 2.36 bits per heavy atom. The summed E-state index contributed by atoms with van der Waals surface area (Å²) in [5, 5.41) is 2.38. The number of halogens is 1. The zero-order valence-electron chi connectivity index (χ0n) is 8.30. The SMILES string of the molecule is CCCCOC(=O)c1scc(C)c1Cl. The molecule has 1 aromatic rings. The largest absolute Gasteiger partial charge is 0.461 e. The van der Waals surface area contributed by atoms with Crippen LogP contribution in [0.5, 0.6) is 0 Å². The second kappa shape index (κ2) is 5.37. The second-order valence-corrected chi connectivity index (χ2v) is 4.31. The van der Waals surface area contributed by atoms with Gasteiger partial charge in [0, 0.05) is 0 Å². The van der Waals surface area contributed by atoms with Crippen LogP contribution < -0.4 is 0 Å². The highest BCUT2D eigenvalue weighted by molar-refractivity contribution is 7.12. The first-order chi connectivity index (χ1) is 6.66. The molecule has 0 aliphatic heterocycles. The predicted octanol–water partition coefficient (Wildman–Crippen LogP) is 3.67. The molecule has 14 heavy (non-hydrogen) atoms. The number of thiophene rings is 1. The molecule has 0 N–H and O–H groups in total. The summed E-state index contributed by atoms with van der Waals surface area (Å²) in [4.78, 5) is 12.0. The van der Waals surface area contributed by atoms with E-state index in [1.807, 2.05) is 12.3 Å². The third-order valence-electron chi connectivity index (χ3n) is 1.82. The van der Waals surface area contributed by atoms with Gasteiger partial charge in [-0.3, -0.25) is 0 Å². The average Bonchev–Trinajstić information content (AvgIpc) is 2.48. The Morgan fingerprint density at radius 1 is 1.64 bits per heavy atom. The van der Waals surface area contributed by atoms with Crippen molar-refractivity contribution in [3.05, 3.63) is 20.8 Å². The van der Waals surface area contributed by atoms with Gasteiger partial charge in [0.1, 0.15) is 4.88 Å². The average molecular weight is 233 g/mol. The summed E-state index contributed by atoms with van der Waals surface area (Å²) >= 11 is 7.26. The topological polar surface area (TPSA) is 26.3 Å². The standard InChI is InChI=1S/C10H13ClO2S/c1-3-4-5-13-10(12)9-8(11)7(2)6-14-9/h6H,3-5H2,1-2H3. The minimum Gasteiger partial charge on any atom is -0.461 e. The van der Waals surface area contributed by atoms with E-state index in [2.05, 4.69) is 6.92 Å². The van der Waals surface area contributed by atoms with Crippen LogP contribution in [0.2, 0.25) is 5.02 Å². The Morgan fingerprint density at radius 3 is 2.86 bits per heavy atom. The molecule has 0 saturated carbocycles. The number of rotatable bonds is 4. The van der Waals surface area contributed by atoms with Gasteiger partial charge in [0.15, 0.2) is 0 Å². The van der Waals surface area contributed by atoms with Crippen LogP contribution in [-0.2, 0) is 4.74 Å². The Kier molecular flexibility index (Phi) is 4.42. The number of esters is 1. The van der Waals surface area contributed by atoms with Crippen LogP contribution >= 0.6 is 22.9 Å². The van der Waals surface area contributed by atoms with E-state index >= 15 is 0 Å². The van der Waals surface area contributed by atoms with E-state index in [0.717, 1.165) is 18.4 Å². The third-order valence-corrected chi connectivity index (χ3v) is 3.49. The molecular weight excluding hydrogens is 220 g/mol. The van der Waals surface area contributed by atoms with E-state index in [4.69, 9.17) is 16.3 Å². The first-order valence-electron chi connectivity index (χ1n) is 4.57. The van der Waals surface area contributed by atoms with Gasteiger partial charge in [-0.1, -0.05) is 24.9 Å². The molecule has 0 aliphatic carbocycles. The van der Waals surface area contributed by atoms with Crippen molar-refractivity contribution in [3.8, 4) is 0 Å². The summed E-state index contributed by atoms with van der Waals surface area (Å²) in [6, 6.07) is 0. The Bertz CT molecular complexity index is 320. The minimum absolute atomic E-state index is 0.304. The number of hydrogen-bond donors (Lipinski definition) is 0. The Labute approximate surface area is 92.8 Å². The summed E-state index contributed by atoms with van der Waals surface area (Å²) in [5.74, 6) is -0.304. The van der Waals surface area contributed by atoms with Gasteiger partial charge in [-0.25, -0.2) is 4.79 Å².